The van der Waals surface area contributed by atoms with Crippen molar-refractivity contribution in [1.29, 1.82) is 0 Å². The van der Waals surface area contributed by atoms with Gasteiger partial charge in [-0.05, 0) is 72.1 Å². The molecule has 1 N–H and O–H groups in total. The van der Waals surface area contributed by atoms with Gasteiger partial charge in [0, 0.05) is 5.39 Å². The fourth-order valence-electron chi connectivity index (χ4n) is 3.12. The molecule has 0 unspecified atom stereocenters. The maximum Gasteiger partial charge on any atom is 0.494 e. The van der Waals surface area contributed by atoms with Gasteiger partial charge in [-0.2, -0.15) is 13.2 Å². The van der Waals surface area contributed by atoms with Crippen LogP contribution in [0, 0.1) is 0 Å². The molecule has 0 saturated carbocycles. The summed E-state index contributed by atoms with van der Waals surface area (Å²) in [5.74, 6) is 0.164. The second kappa shape index (κ2) is 7.44. The molecule has 1 aromatic carbocycles. The Balaban J connectivity index is 1.93. The lowest BCUT2D eigenvalue weighted by Gasteiger charge is -2.32. The zero-order valence-corrected chi connectivity index (χ0v) is 18.7. The van der Waals surface area contributed by atoms with Crippen molar-refractivity contribution in [3.63, 3.8) is 0 Å². The predicted octanol–water partition coefficient (Wildman–Crippen LogP) is 4.78. The first-order chi connectivity index (χ1) is 14.0. The van der Waals surface area contributed by atoms with Gasteiger partial charge >= 0.3 is 19.4 Å². The topological polar surface area (TPSA) is 69.9 Å². The molecule has 170 valence electrons. The molecule has 0 aliphatic carbocycles. The number of nitrogens with one attached hydrogen (secondary N) is 1. The summed E-state index contributed by atoms with van der Waals surface area (Å²) in [6.07, 6.45) is -5.31. The third-order valence-corrected chi connectivity index (χ3v) is 5.35. The predicted molar refractivity (Wildman–Crippen MR) is 110 cm³/mol. The molecule has 1 aromatic heterocycles. The first-order valence-corrected chi connectivity index (χ1v) is 9.95. The summed E-state index contributed by atoms with van der Waals surface area (Å²) in [4.78, 5) is 11.8. The average molecular weight is 441 g/mol. The summed E-state index contributed by atoms with van der Waals surface area (Å²) >= 11 is 0. The Bertz CT molecular complexity index is 975. The van der Waals surface area contributed by atoms with Crippen molar-refractivity contribution < 1.29 is 36.4 Å². The van der Waals surface area contributed by atoms with Gasteiger partial charge in [0.15, 0.2) is 0 Å². The van der Waals surface area contributed by atoms with Gasteiger partial charge in [0.1, 0.15) is 16.9 Å². The number of furan rings is 1. The first-order valence-electron chi connectivity index (χ1n) is 9.95. The molecule has 3 rings (SSSR count). The molecule has 10 heteroatoms. The lowest BCUT2D eigenvalue weighted by Crippen LogP contribution is -2.41. The molecule has 1 amide bonds. The monoisotopic (exact) mass is 441 g/mol. The van der Waals surface area contributed by atoms with Crippen molar-refractivity contribution in [2.45, 2.75) is 78.0 Å². The zero-order chi connectivity index (χ0) is 23.4. The molecule has 0 radical (unpaired) electrons. The van der Waals surface area contributed by atoms with E-state index in [0.29, 0.717) is 0 Å². The van der Waals surface area contributed by atoms with Gasteiger partial charge in [-0.15, -0.1) is 0 Å². The van der Waals surface area contributed by atoms with Crippen LogP contribution in [0.3, 0.4) is 0 Å². The van der Waals surface area contributed by atoms with E-state index in [0.717, 1.165) is 6.07 Å². The lowest BCUT2D eigenvalue weighted by molar-refractivity contribution is -0.136. The third kappa shape index (κ3) is 5.01. The molecule has 1 aliphatic heterocycles. The van der Waals surface area contributed by atoms with E-state index < -0.39 is 41.8 Å². The van der Waals surface area contributed by atoms with Gasteiger partial charge in [-0.25, -0.2) is 4.79 Å². The van der Waals surface area contributed by atoms with Crippen LogP contribution in [0.2, 0.25) is 0 Å². The maximum atomic E-state index is 13.8. The van der Waals surface area contributed by atoms with Crippen molar-refractivity contribution in [2.75, 3.05) is 0 Å². The van der Waals surface area contributed by atoms with Crippen LogP contribution in [0.15, 0.2) is 22.6 Å². The van der Waals surface area contributed by atoms with Crippen LogP contribution in [0.1, 0.15) is 59.8 Å². The molecule has 0 atom stereocenters. The van der Waals surface area contributed by atoms with E-state index in [1.54, 1.807) is 20.8 Å². The summed E-state index contributed by atoms with van der Waals surface area (Å²) < 4.78 is 63.9. The SMILES string of the molecule is CC(C)(C)OC(=O)NCc1cc2c(C(F)(F)F)cc(B3OC(C)(C)C(C)(C)O3)cc2o1. The highest BCUT2D eigenvalue weighted by Crippen LogP contribution is 2.39. The summed E-state index contributed by atoms with van der Waals surface area (Å²) in [7, 11) is -0.969. The van der Waals surface area contributed by atoms with Crippen LogP contribution in [-0.4, -0.2) is 30.0 Å². The molecule has 2 aromatic rings. The summed E-state index contributed by atoms with van der Waals surface area (Å²) in [6, 6.07) is 3.76. The smallest absolute Gasteiger partial charge is 0.459 e. The van der Waals surface area contributed by atoms with Crippen LogP contribution in [0.4, 0.5) is 18.0 Å². The molecule has 31 heavy (non-hydrogen) atoms. The number of alkyl carbamates (subject to hydrolysis) is 1. The fourth-order valence-corrected chi connectivity index (χ4v) is 3.12. The summed E-state index contributed by atoms with van der Waals surface area (Å²) in [5, 5.41) is 2.38. The Hall–Kier alpha value is -2.20. The normalized spacial score (nSPS) is 18.5. The van der Waals surface area contributed by atoms with E-state index in [4.69, 9.17) is 18.5 Å². The van der Waals surface area contributed by atoms with Gasteiger partial charge in [-0.1, -0.05) is 0 Å². The van der Waals surface area contributed by atoms with Gasteiger partial charge in [0.2, 0.25) is 0 Å². The number of amides is 1. The second-order valence-electron chi connectivity index (χ2n) is 9.63. The minimum absolute atomic E-state index is 0.0283. The molecule has 1 aliphatic rings. The van der Waals surface area contributed by atoms with Crippen molar-refractivity contribution in [2.24, 2.45) is 0 Å². The van der Waals surface area contributed by atoms with Crippen molar-refractivity contribution in [1.82, 2.24) is 5.32 Å². The standard InChI is InChI=1S/C21H27BF3NO5/c1-18(2,3)29-17(27)26-11-13-10-14-15(21(23,24)25)8-12(9-16(14)28-13)22-30-19(4,5)20(6,7)31-22/h8-10H,11H2,1-7H3,(H,26,27). The van der Waals surface area contributed by atoms with Gasteiger partial charge in [0.25, 0.3) is 0 Å². The number of ether oxygens (including phenoxy) is 1. The lowest BCUT2D eigenvalue weighted by atomic mass is 9.78. The maximum absolute atomic E-state index is 13.8. The number of fused-ring (bicyclic) bond motifs is 1. The van der Waals surface area contributed by atoms with Gasteiger partial charge in [0.05, 0.1) is 23.3 Å². The minimum atomic E-state index is -4.61. The minimum Gasteiger partial charge on any atom is -0.459 e. The summed E-state index contributed by atoms with van der Waals surface area (Å²) in [6.45, 7) is 12.3. The number of halogens is 3. The van der Waals surface area contributed by atoms with Crippen LogP contribution in [-0.2, 0) is 26.8 Å². The molecule has 2 heterocycles. The molecular weight excluding hydrogens is 414 g/mol. The van der Waals surface area contributed by atoms with Crippen molar-refractivity contribution in [3.8, 4) is 0 Å². The molecule has 6 nitrogen and oxygen atoms in total. The average Bonchev–Trinajstić information content (AvgIpc) is 3.07. The quantitative estimate of drug-likeness (QED) is 0.695. The number of benzene rings is 1. The van der Waals surface area contributed by atoms with E-state index in [2.05, 4.69) is 5.32 Å². The van der Waals surface area contributed by atoms with Gasteiger partial charge in [-0.3, -0.25) is 0 Å². The number of carbonyl (C=O) groups is 1. The summed E-state index contributed by atoms with van der Waals surface area (Å²) in [5.41, 5.74) is -2.71. The third-order valence-electron chi connectivity index (χ3n) is 5.35. The Kier molecular flexibility index (Phi) is 5.64. The Morgan fingerprint density at radius 1 is 1.06 bits per heavy atom. The fraction of sp³-hybridized carbons (Fsp3) is 0.571. The number of carbonyl (C=O) groups excluding carboxylic acids is 1. The Labute approximate surface area is 179 Å². The molecule has 0 spiro atoms. The van der Waals surface area contributed by atoms with Crippen molar-refractivity contribution >= 4 is 29.6 Å². The number of alkyl halides is 3. The molecule has 0 bridgehead atoms. The largest absolute Gasteiger partial charge is 0.494 e. The Morgan fingerprint density at radius 2 is 1.65 bits per heavy atom. The zero-order valence-electron chi connectivity index (χ0n) is 18.7. The van der Waals surface area contributed by atoms with E-state index in [-0.39, 0.29) is 28.7 Å². The number of hydrogen-bond acceptors (Lipinski definition) is 5. The highest BCUT2D eigenvalue weighted by molar-refractivity contribution is 6.62. The number of rotatable bonds is 3. The van der Waals surface area contributed by atoms with Crippen LogP contribution in [0.25, 0.3) is 11.0 Å². The highest BCUT2D eigenvalue weighted by atomic mass is 19.4. The molecule has 1 saturated heterocycles. The molecular formula is C21H27BF3NO5. The van der Waals surface area contributed by atoms with E-state index in [9.17, 15) is 18.0 Å². The number of hydrogen-bond donors (Lipinski definition) is 1. The highest BCUT2D eigenvalue weighted by Gasteiger charge is 2.52. The van der Waals surface area contributed by atoms with E-state index >= 15 is 0 Å². The van der Waals surface area contributed by atoms with E-state index in [1.165, 1.54) is 12.1 Å². The Morgan fingerprint density at radius 3 is 2.16 bits per heavy atom. The molecule has 1 fully saturated rings. The first kappa shape index (κ1) is 23.5. The van der Waals surface area contributed by atoms with Crippen molar-refractivity contribution in [3.05, 3.63) is 29.5 Å². The van der Waals surface area contributed by atoms with Crippen LogP contribution in [0.5, 0.6) is 0 Å². The van der Waals surface area contributed by atoms with Gasteiger partial charge < -0.3 is 23.8 Å². The second-order valence-corrected chi connectivity index (χ2v) is 9.63. The van der Waals surface area contributed by atoms with Crippen LogP contribution < -0.4 is 10.8 Å². The van der Waals surface area contributed by atoms with Crippen LogP contribution >= 0.6 is 0 Å². The van der Waals surface area contributed by atoms with E-state index in [1.807, 2.05) is 27.7 Å².